The first kappa shape index (κ1) is 26.1. The molecule has 37 heavy (non-hydrogen) atoms. The Morgan fingerprint density at radius 1 is 1.16 bits per heavy atom. The molecule has 1 fully saturated rings. The minimum absolute atomic E-state index is 0.0313. The molecule has 3 aromatic rings. The first-order valence-corrected chi connectivity index (χ1v) is 11.4. The lowest BCUT2D eigenvalue weighted by Crippen LogP contribution is -2.59. The van der Waals surface area contributed by atoms with Crippen molar-refractivity contribution < 1.29 is 32.2 Å². The van der Waals surface area contributed by atoms with E-state index in [1.807, 2.05) is 0 Å². The number of halogens is 3. The van der Waals surface area contributed by atoms with Gasteiger partial charge in [0.05, 0.1) is 30.5 Å². The Morgan fingerprint density at radius 2 is 1.86 bits per heavy atom. The first-order chi connectivity index (χ1) is 17.6. The maximum atomic E-state index is 15.1. The van der Waals surface area contributed by atoms with Crippen molar-refractivity contribution in [1.29, 1.82) is 0 Å². The number of benzene rings is 1. The molecule has 0 bridgehead atoms. The van der Waals surface area contributed by atoms with E-state index in [0.29, 0.717) is 17.8 Å². The number of methoxy groups -OCH3 is 1. The lowest BCUT2D eigenvalue weighted by Gasteiger charge is -2.46. The van der Waals surface area contributed by atoms with Gasteiger partial charge in [-0.25, -0.2) is 18.2 Å². The summed E-state index contributed by atoms with van der Waals surface area (Å²) in [5.74, 6) is -4.91. The van der Waals surface area contributed by atoms with E-state index in [9.17, 15) is 14.0 Å². The van der Waals surface area contributed by atoms with Gasteiger partial charge in [-0.3, -0.25) is 19.5 Å². The maximum Gasteiger partial charge on any atom is 0.257 e. The molecule has 3 heterocycles. The van der Waals surface area contributed by atoms with Crippen LogP contribution < -0.4 is 15.2 Å². The number of carbonyl (C=O) groups is 2. The molecule has 0 saturated carbocycles. The summed E-state index contributed by atoms with van der Waals surface area (Å²) in [5, 5.41) is 0. The zero-order valence-electron chi connectivity index (χ0n) is 20.2. The molecule has 11 heteroatoms. The molecular weight excluding hydrogens is 489 g/mol. The number of nitrogens with zero attached hydrogens (tertiary/aromatic N) is 3. The normalized spacial score (nSPS) is 19.0. The molecule has 1 unspecified atom stereocenters. The van der Waals surface area contributed by atoms with Crippen molar-refractivity contribution in [1.82, 2.24) is 14.9 Å². The van der Waals surface area contributed by atoms with Crippen LogP contribution in [0, 0.1) is 5.82 Å². The average Bonchev–Trinajstić information content (AvgIpc) is 2.89. The molecule has 4 rings (SSSR count). The highest BCUT2D eigenvalue weighted by Gasteiger charge is 2.51. The van der Waals surface area contributed by atoms with Crippen molar-refractivity contribution >= 4 is 12.2 Å². The van der Waals surface area contributed by atoms with Crippen LogP contribution in [0.4, 0.5) is 13.2 Å². The fourth-order valence-corrected chi connectivity index (χ4v) is 4.40. The number of alkyl halides is 2. The van der Waals surface area contributed by atoms with Crippen LogP contribution in [0.2, 0.25) is 0 Å². The minimum atomic E-state index is -3.12. The fourth-order valence-electron chi connectivity index (χ4n) is 4.40. The number of piperidine rings is 1. The Labute approximate surface area is 211 Å². The zero-order chi connectivity index (χ0) is 26.8. The molecular formula is C26H25F3N4O4. The number of rotatable bonds is 8. The summed E-state index contributed by atoms with van der Waals surface area (Å²) in [6.45, 7) is 1.17. The number of primary amides is 1. The SMILES string of the molecule is COc1ncc([C@H]2CN(C(C)(C(N)=O)c3ccc(Oc4ccc(F)cc4)cn3)CCC2(F)F)cc1C=O. The van der Waals surface area contributed by atoms with Crippen LogP contribution in [0.5, 0.6) is 17.4 Å². The van der Waals surface area contributed by atoms with Gasteiger partial charge in [0.15, 0.2) is 6.29 Å². The van der Waals surface area contributed by atoms with Gasteiger partial charge >= 0.3 is 0 Å². The van der Waals surface area contributed by atoms with Crippen LogP contribution in [0.3, 0.4) is 0 Å². The molecule has 1 aromatic carbocycles. The third kappa shape index (κ3) is 5.12. The van der Waals surface area contributed by atoms with Gasteiger partial charge in [0.25, 0.3) is 5.92 Å². The molecule has 1 amide bonds. The topological polar surface area (TPSA) is 108 Å². The predicted octanol–water partition coefficient (Wildman–Crippen LogP) is 4.05. The third-order valence-corrected chi connectivity index (χ3v) is 6.65. The highest BCUT2D eigenvalue weighted by Crippen LogP contribution is 2.44. The Hall–Kier alpha value is -3.99. The van der Waals surface area contributed by atoms with Gasteiger partial charge in [0, 0.05) is 25.7 Å². The Bertz CT molecular complexity index is 1290. The van der Waals surface area contributed by atoms with Crippen molar-refractivity contribution in [2.24, 2.45) is 5.73 Å². The summed E-state index contributed by atoms with van der Waals surface area (Å²) in [6.07, 6.45) is 2.56. The van der Waals surface area contributed by atoms with E-state index in [1.54, 1.807) is 11.0 Å². The van der Waals surface area contributed by atoms with Crippen molar-refractivity contribution in [3.05, 3.63) is 77.5 Å². The molecule has 1 saturated heterocycles. The Morgan fingerprint density at radius 3 is 2.46 bits per heavy atom. The number of hydrogen-bond donors (Lipinski definition) is 1. The highest BCUT2D eigenvalue weighted by molar-refractivity contribution is 5.85. The molecule has 2 N–H and O–H groups in total. The van der Waals surface area contributed by atoms with E-state index in [0.717, 1.165) is 0 Å². The second-order valence-corrected chi connectivity index (χ2v) is 8.87. The van der Waals surface area contributed by atoms with Gasteiger partial charge in [-0.2, -0.15) is 0 Å². The van der Waals surface area contributed by atoms with E-state index in [-0.39, 0.29) is 35.8 Å². The van der Waals surface area contributed by atoms with Crippen molar-refractivity contribution in [2.45, 2.75) is 30.7 Å². The summed E-state index contributed by atoms with van der Waals surface area (Å²) < 4.78 is 53.9. The molecule has 1 aliphatic heterocycles. The fraction of sp³-hybridized carbons (Fsp3) is 0.308. The summed E-state index contributed by atoms with van der Waals surface area (Å²) in [7, 11) is 1.33. The van der Waals surface area contributed by atoms with Crippen molar-refractivity contribution in [2.75, 3.05) is 20.2 Å². The second-order valence-electron chi connectivity index (χ2n) is 8.87. The quantitative estimate of drug-likeness (QED) is 0.452. The number of aromatic nitrogens is 2. The summed E-state index contributed by atoms with van der Waals surface area (Å²) in [4.78, 5) is 34.0. The number of hydrogen-bond acceptors (Lipinski definition) is 7. The van der Waals surface area contributed by atoms with Crippen LogP contribution in [-0.4, -0.2) is 53.2 Å². The minimum Gasteiger partial charge on any atom is -0.480 e. The molecule has 0 aliphatic carbocycles. The molecule has 0 radical (unpaired) electrons. The number of ether oxygens (including phenoxy) is 2. The van der Waals surface area contributed by atoms with Gasteiger partial charge < -0.3 is 15.2 Å². The molecule has 8 nitrogen and oxygen atoms in total. The van der Waals surface area contributed by atoms with Crippen LogP contribution >= 0.6 is 0 Å². The molecule has 1 aliphatic rings. The van der Waals surface area contributed by atoms with Gasteiger partial charge in [0.1, 0.15) is 22.9 Å². The maximum absolute atomic E-state index is 15.1. The average molecular weight is 515 g/mol. The zero-order valence-corrected chi connectivity index (χ0v) is 20.2. The van der Waals surface area contributed by atoms with Crippen LogP contribution in [-0.2, 0) is 10.3 Å². The van der Waals surface area contributed by atoms with Crippen LogP contribution in [0.25, 0.3) is 0 Å². The number of pyridine rings is 2. The van der Waals surface area contributed by atoms with Gasteiger partial charge in [0.2, 0.25) is 11.8 Å². The number of aldehydes is 1. The van der Waals surface area contributed by atoms with Gasteiger partial charge in [-0.15, -0.1) is 0 Å². The van der Waals surface area contributed by atoms with E-state index >= 15 is 8.78 Å². The molecule has 2 atom stereocenters. The first-order valence-electron chi connectivity index (χ1n) is 11.4. The lowest BCUT2D eigenvalue weighted by atomic mass is 9.83. The summed E-state index contributed by atoms with van der Waals surface area (Å²) in [6, 6.07) is 9.82. The summed E-state index contributed by atoms with van der Waals surface area (Å²) in [5.41, 5.74) is 4.71. The van der Waals surface area contributed by atoms with E-state index in [2.05, 4.69) is 9.97 Å². The molecule has 2 aromatic heterocycles. The number of likely N-dealkylation sites (tertiary alicyclic amines) is 1. The second kappa shape index (κ2) is 10.2. The van der Waals surface area contributed by atoms with Crippen molar-refractivity contribution in [3.8, 4) is 17.4 Å². The van der Waals surface area contributed by atoms with Crippen molar-refractivity contribution in [3.63, 3.8) is 0 Å². The Balaban J connectivity index is 1.62. The highest BCUT2D eigenvalue weighted by atomic mass is 19.3. The largest absolute Gasteiger partial charge is 0.480 e. The van der Waals surface area contributed by atoms with Crippen LogP contribution in [0.1, 0.15) is 40.9 Å². The van der Waals surface area contributed by atoms with E-state index in [4.69, 9.17) is 15.2 Å². The standard InChI is InChI=1S/C26H25F3N4O4/c1-25(24(30)35,22-8-7-20(13-31-22)37-19-5-3-18(27)4-6-19)33-10-9-26(28,29)21(14-33)16-11-17(15-34)23(36-2)32-12-16/h3-8,11-13,15,21H,9-10,14H2,1-2H3,(H2,30,35)/t21-,25?/m1/s1. The Kier molecular flexibility index (Phi) is 7.17. The van der Waals surface area contributed by atoms with Gasteiger partial charge in [-0.05, 0) is 55.0 Å². The van der Waals surface area contributed by atoms with E-state index < -0.39 is 35.5 Å². The monoisotopic (exact) mass is 514 g/mol. The lowest BCUT2D eigenvalue weighted by molar-refractivity contribution is -0.139. The molecule has 0 spiro atoms. The van der Waals surface area contributed by atoms with E-state index in [1.165, 1.54) is 62.8 Å². The number of carbonyl (C=O) groups excluding carboxylic acids is 2. The summed E-state index contributed by atoms with van der Waals surface area (Å²) >= 11 is 0. The number of amides is 1. The van der Waals surface area contributed by atoms with Gasteiger partial charge in [-0.1, -0.05) is 0 Å². The number of nitrogens with two attached hydrogens (primary N) is 1. The molecule has 194 valence electrons. The van der Waals surface area contributed by atoms with Crippen LogP contribution in [0.15, 0.2) is 54.9 Å². The third-order valence-electron chi connectivity index (χ3n) is 6.65. The predicted molar refractivity (Wildman–Crippen MR) is 127 cm³/mol. The smallest absolute Gasteiger partial charge is 0.257 e.